The quantitative estimate of drug-likeness (QED) is 0.532. The van der Waals surface area contributed by atoms with Crippen LogP contribution in [0.1, 0.15) is 19.4 Å². The molecule has 184 valence electrons. The summed E-state index contributed by atoms with van der Waals surface area (Å²) in [5, 5.41) is 20.9. The first-order valence-corrected chi connectivity index (χ1v) is 10.3. The molecule has 2 aromatic heterocycles. The third-order valence-corrected chi connectivity index (χ3v) is 4.81. The smallest absolute Gasteiger partial charge is 0.410 e. The van der Waals surface area contributed by atoms with Crippen molar-refractivity contribution in [1.82, 2.24) is 25.2 Å². The van der Waals surface area contributed by atoms with Crippen LogP contribution in [0.15, 0.2) is 42.6 Å². The van der Waals surface area contributed by atoms with E-state index in [2.05, 4.69) is 35.9 Å². The molecule has 2 amide bonds. The first kappa shape index (κ1) is 23.7. The summed E-state index contributed by atoms with van der Waals surface area (Å²) >= 11 is 0. The lowest BCUT2D eigenvalue weighted by Crippen LogP contribution is -2.23. The number of rotatable bonds is 6. The van der Waals surface area contributed by atoms with Gasteiger partial charge in [0.25, 0.3) is 0 Å². The number of ether oxygens (including phenoxy) is 2. The van der Waals surface area contributed by atoms with Crippen molar-refractivity contribution in [2.45, 2.75) is 25.7 Å². The maximum Gasteiger partial charge on any atom is 0.573 e. The van der Waals surface area contributed by atoms with Gasteiger partial charge < -0.3 is 19.7 Å². The van der Waals surface area contributed by atoms with Crippen LogP contribution in [-0.2, 0) is 4.79 Å². The maximum absolute atomic E-state index is 12.3. The number of hydrogen-bond acceptors (Lipinski definition) is 9. The maximum atomic E-state index is 12.3. The second kappa shape index (κ2) is 9.82. The molecule has 0 radical (unpaired) electrons. The molecule has 35 heavy (non-hydrogen) atoms. The predicted molar refractivity (Wildman–Crippen MR) is 115 cm³/mol. The van der Waals surface area contributed by atoms with Crippen LogP contribution in [0.2, 0.25) is 0 Å². The van der Waals surface area contributed by atoms with Gasteiger partial charge in [0.2, 0.25) is 5.91 Å². The summed E-state index contributed by atoms with van der Waals surface area (Å²) in [5.41, 5.74) is 0. The standard InChI is InChI=1S/C20H19F3N8O4/c1-12(32)24-17-11-31(29-27-17)13-7-8-30(10-13)18-6-5-16(26-28-18)25-19(33)34-14-3-2-4-15(9-14)35-20(21,22)23/h2-6,9,11,13H,7-8,10H2,1H3,(H,24,32)(H,25,26,33). The number of benzene rings is 1. The topological polar surface area (TPSA) is 136 Å². The van der Waals surface area contributed by atoms with Crippen molar-refractivity contribution in [3.8, 4) is 11.5 Å². The second-order valence-corrected chi connectivity index (χ2v) is 7.47. The van der Waals surface area contributed by atoms with Gasteiger partial charge in [0.15, 0.2) is 17.5 Å². The van der Waals surface area contributed by atoms with Crippen LogP contribution in [0.3, 0.4) is 0 Å². The van der Waals surface area contributed by atoms with E-state index in [1.54, 1.807) is 16.9 Å². The fourth-order valence-electron chi connectivity index (χ4n) is 3.39. The van der Waals surface area contributed by atoms with Gasteiger partial charge >= 0.3 is 12.5 Å². The molecule has 12 nitrogen and oxygen atoms in total. The minimum atomic E-state index is -4.86. The number of carbonyl (C=O) groups is 2. The van der Waals surface area contributed by atoms with E-state index >= 15 is 0 Å². The van der Waals surface area contributed by atoms with E-state index in [9.17, 15) is 22.8 Å². The molecule has 1 aliphatic heterocycles. The Morgan fingerprint density at radius 1 is 1.06 bits per heavy atom. The number of carbonyl (C=O) groups excluding carboxylic acids is 2. The Labute approximate surface area is 196 Å². The molecular weight excluding hydrogens is 473 g/mol. The lowest BCUT2D eigenvalue weighted by atomic mass is 10.3. The van der Waals surface area contributed by atoms with E-state index in [4.69, 9.17) is 4.74 Å². The van der Waals surface area contributed by atoms with Crippen LogP contribution in [-0.4, -0.2) is 56.6 Å². The number of nitrogens with zero attached hydrogens (tertiary/aromatic N) is 6. The van der Waals surface area contributed by atoms with Crippen molar-refractivity contribution >= 4 is 29.5 Å². The molecule has 1 unspecified atom stereocenters. The van der Waals surface area contributed by atoms with E-state index in [0.29, 0.717) is 24.7 Å². The van der Waals surface area contributed by atoms with Gasteiger partial charge in [-0.25, -0.2) is 9.48 Å². The fourth-order valence-corrected chi connectivity index (χ4v) is 3.39. The Bertz CT molecular complexity index is 1200. The molecule has 0 spiro atoms. The van der Waals surface area contributed by atoms with Crippen molar-refractivity contribution < 1.29 is 32.2 Å². The Morgan fingerprint density at radius 3 is 2.57 bits per heavy atom. The lowest BCUT2D eigenvalue weighted by Gasteiger charge is -2.17. The van der Waals surface area contributed by atoms with Gasteiger partial charge in [-0.2, -0.15) is 0 Å². The van der Waals surface area contributed by atoms with Crippen LogP contribution in [0.5, 0.6) is 11.5 Å². The zero-order chi connectivity index (χ0) is 25.0. The Balaban J connectivity index is 1.31. The molecule has 1 aromatic carbocycles. The average Bonchev–Trinajstić information content (AvgIpc) is 3.42. The van der Waals surface area contributed by atoms with Crippen molar-refractivity contribution in [3.05, 3.63) is 42.6 Å². The lowest BCUT2D eigenvalue weighted by molar-refractivity contribution is -0.274. The molecule has 3 aromatic rings. The fraction of sp³-hybridized carbons (Fsp3) is 0.300. The van der Waals surface area contributed by atoms with Gasteiger partial charge in [-0.3, -0.25) is 10.1 Å². The summed E-state index contributed by atoms with van der Waals surface area (Å²) in [6.07, 6.45) is -3.39. The minimum absolute atomic E-state index is 0.0247. The van der Waals surface area contributed by atoms with Crippen molar-refractivity contribution in [3.63, 3.8) is 0 Å². The summed E-state index contributed by atoms with van der Waals surface area (Å²) in [6.45, 7) is 2.65. The third-order valence-electron chi connectivity index (χ3n) is 4.81. The van der Waals surface area contributed by atoms with Crippen molar-refractivity contribution in [2.24, 2.45) is 0 Å². The molecule has 1 aliphatic rings. The Morgan fingerprint density at radius 2 is 1.86 bits per heavy atom. The molecule has 1 saturated heterocycles. The van der Waals surface area contributed by atoms with Gasteiger partial charge in [-0.15, -0.1) is 28.5 Å². The highest BCUT2D eigenvalue weighted by Gasteiger charge is 2.31. The number of aromatic nitrogens is 5. The Hall–Kier alpha value is -4.43. The first-order valence-electron chi connectivity index (χ1n) is 10.3. The van der Waals surface area contributed by atoms with E-state index < -0.39 is 18.2 Å². The molecule has 15 heteroatoms. The number of halogens is 3. The predicted octanol–water partition coefficient (Wildman–Crippen LogP) is 2.99. The Kier molecular flexibility index (Phi) is 6.66. The molecule has 4 rings (SSSR count). The highest BCUT2D eigenvalue weighted by Crippen LogP contribution is 2.27. The van der Waals surface area contributed by atoms with Gasteiger partial charge in [-0.05, 0) is 30.7 Å². The van der Waals surface area contributed by atoms with E-state index in [-0.39, 0.29) is 23.5 Å². The van der Waals surface area contributed by atoms with E-state index in [1.807, 2.05) is 4.90 Å². The number of alkyl halides is 3. The molecule has 1 atom stereocenters. The molecular formula is C20H19F3N8O4. The second-order valence-electron chi connectivity index (χ2n) is 7.47. The molecule has 0 bridgehead atoms. The van der Waals surface area contributed by atoms with Crippen LogP contribution >= 0.6 is 0 Å². The highest BCUT2D eigenvalue weighted by molar-refractivity contribution is 5.87. The molecule has 0 aliphatic carbocycles. The monoisotopic (exact) mass is 492 g/mol. The first-order chi connectivity index (χ1) is 16.6. The van der Waals surface area contributed by atoms with Gasteiger partial charge in [0.1, 0.15) is 11.5 Å². The largest absolute Gasteiger partial charge is 0.573 e. The van der Waals surface area contributed by atoms with E-state index in [0.717, 1.165) is 18.6 Å². The summed E-state index contributed by atoms with van der Waals surface area (Å²) in [7, 11) is 0. The molecule has 2 N–H and O–H groups in total. The number of amides is 2. The summed E-state index contributed by atoms with van der Waals surface area (Å²) < 4.78 is 47.5. The number of anilines is 3. The minimum Gasteiger partial charge on any atom is -0.410 e. The van der Waals surface area contributed by atoms with Crippen molar-refractivity contribution in [1.29, 1.82) is 0 Å². The van der Waals surface area contributed by atoms with Crippen LogP contribution in [0, 0.1) is 0 Å². The third kappa shape index (κ3) is 6.55. The SMILES string of the molecule is CC(=O)Nc1cn(C2CCN(c3ccc(NC(=O)Oc4cccc(OC(F)(F)F)c4)nn3)C2)nn1. The molecule has 0 saturated carbocycles. The zero-order valence-electron chi connectivity index (χ0n) is 18.2. The number of hydrogen-bond donors (Lipinski definition) is 2. The number of nitrogens with one attached hydrogen (secondary N) is 2. The van der Waals surface area contributed by atoms with Crippen LogP contribution in [0.25, 0.3) is 0 Å². The normalized spacial score (nSPS) is 15.5. The van der Waals surface area contributed by atoms with E-state index in [1.165, 1.54) is 25.1 Å². The summed E-state index contributed by atoms with van der Waals surface area (Å²) in [6, 6.07) is 7.77. The molecule has 1 fully saturated rings. The summed E-state index contributed by atoms with van der Waals surface area (Å²) in [5.74, 6) is 0.137. The van der Waals surface area contributed by atoms with Gasteiger partial charge in [0.05, 0.1) is 12.2 Å². The summed E-state index contributed by atoms with van der Waals surface area (Å²) in [4.78, 5) is 25.2. The highest BCUT2D eigenvalue weighted by atomic mass is 19.4. The zero-order valence-corrected chi connectivity index (χ0v) is 18.2. The van der Waals surface area contributed by atoms with Crippen LogP contribution < -0.4 is 25.0 Å². The van der Waals surface area contributed by atoms with Gasteiger partial charge in [0, 0.05) is 26.1 Å². The van der Waals surface area contributed by atoms with Crippen molar-refractivity contribution in [2.75, 3.05) is 28.6 Å². The van der Waals surface area contributed by atoms with Crippen LogP contribution in [0.4, 0.5) is 35.4 Å². The average molecular weight is 492 g/mol. The molecule has 3 heterocycles. The van der Waals surface area contributed by atoms with Gasteiger partial charge in [-0.1, -0.05) is 11.3 Å².